The summed E-state index contributed by atoms with van der Waals surface area (Å²) in [6.45, 7) is 5.16. The summed E-state index contributed by atoms with van der Waals surface area (Å²) >= 11 is 0. The number of benzene rings is 1. The van der Waals surface area contributed by atoms with Crippen molar-refractivity contribution in [3.63, 3.8) is 0 Å². The van der Waals surface area contributed by atoms with Gasteiger partial charge in [0.2, 0.25) is 0 Å². The van der Waals surface area contributed by atoms with E-state index in [4.69, 9.17) is 4.74 Å². The maximum absolute atomic E-state index is 11.2. The van der Waals surface area contributed by atoms with Gasteiger partial charge in [-0.1, -0.05) is 12.1 Å². The van der Waals surface area contributed by atoms with Crippen molar-refractivity contribution in [2.45, 2.75) is 19.8 Å². The van der Waals surface area contributed by atoms with Crippen LogP contribution in [0.3, 0.4) is 0 Å². The molecule has 3 heteroatoms. The van der Waals surface area contributed by atoms with Crippen molar-refractivity contribution in [3.05, 3.63) is 36.8 Å². The van der Waals surface area contributed by atoms with Gasteiger partial charge in [0.1, 0.15) is 11.5 Å². The minimum Gasteiger partial charge on any atom is -0.427 e. The Balaban J connectivity index is 2.44. The molecule has 0 saturated carbocycles. The molecule has 0 bridgehead atoms. The fourth-order valence-corrected chi connectivity index (χ4v) is 1.02. The summed E-state index contributed by atoms with van der Waals surface area (Å²) in [7, 11) is 0. The predicted octanol–water partition coefficient (Wildman–Crippen LogP) is 2.14. The first kappa shape index (κ1) is 11.4. The smallest absolute Gasteiger partial charge is 0.311 e. The SMILES string of the molecule is [CH2]c1ccc(OC(=O)CCC(C)=O)cc1. The zero-order chi connectivity index (χ0) is 11.3. The molecule has 0 heterocycles. The number of Topliss-reactive ketones (excluding diaryl/α,β-unsaturated/α-hetero) is 1. The van der Waals surface area contributed by atoms with Gasteiger partial charge in [0.05, 0.1) is 6.42 Å². The Morgan fingerprint density at radius 2 is 1.80 bits per heavy atom. The molecule has 1 aromatic carbocycles. The van der Waals surface area contributed by atoms with Gasteiger partial charge >= 0.3 is 5.97 Å². The topological polar surface area (TPSA) is 43.4 Å². The van der Waals surface area contributed by atoms with Crippen molar-refractivity contribution < 1.29 is 14.3 Å². The van der Waals surface area contributed by atoms with Crippen LogP contribution >= 0.6 is 0 Å². The van der Waals surface area contributed by atoms with E-state index in [1.54, 1.807) is 24.3 Å². The zero-order valence-corrected chi connectivity index (χ0v) is 8.66. The molecule has 1 aromatic rings. The average molecular weight is 205 g/mol. The fourth-order valence-electron chi connectivity index (χ4n) is 1.02. The molecule has 0 atom stereocenters. The second kappa shape index (κ2) is 5.29. The maximum atomic E-state index is 11.2. The fraction of sp³-hybridized carbons (Fsp3) is 0.250. The first-order valence-corrected chi connectivity index (χ1v) is 4.70. The molecule has 0 saturated heterocycles. The Morgan fingerprint density at radius 1 is 1.20 bits per heavy atom. The summed E-state index contributed by atoms with van der Waals surface area (Å²) in [5.41, 5.74) is 0.860. The molecule has 3 nitrogen and oxygen atoms in total. The molecule has 79 valence electrons. The molecule has 0 aliphatic rings. The van der Waals surface area contributed by atoms with Gasteiger partial charge in [0, 0.05) is 6.42 Å². The summed E-state index contributed by atoms with van der Waals surface area (Å²) in [4.78, 5) is 21.8. The van der Waals surface area contributed by atoms with E-state index in [-0.39, 0.29) is 24.6 Å². The van der Waals surface area contributed by atoms with E-state index in [2.05, 4.69) is 6.92 Å². The lowest BCUT2D eigenvalue weighted by atomic mass is 10.2. The van der Waals surface area contributed by atoms with Crippen LogP contribution < -0.4 is 4.74 Å². The van der Waals surface area contributed by atoms with Crippen molar-refractivity contribution in [1.82, 2.24) is 0 Å². The number of esters is 1. The molecule has 0 unspecified atom stereocenters. The van der Waals surface area contributed by atoms with Crippen LogP contribution in [0.4, 0.5) is 0 Å². The van der Waals surface area contributed by atoms with Crippen LogP contribution in [0.1, 0.15) is 25.3 Å². The molecule has 0 spiro atoms. The number of carbonyl (C=O) groups excluding carboxylic acids is 2. The number of ether oxygens (including phenoxy) is 1. The number of hydrogen-bond acceptors (Lipinski definition) is 3. The number of rotatable bonds is 4. The van der Waals surface area contributed by atoms with Crippen molar-refractivity contribution in [1.29, 1.82) is 0 Å². The first-order valence-electron chi connectivity index (χ1n) is 4.70. The molecule has 1 rings (SSSR count). The van der Waals surface area contributed by atoms with E-state index in [1.807, 2.05) is 0 Å². The third-order valence-corrected chi connectivity index (χ3v) is 1.84. The van der Waals surface area contributed by atoms with Gasteiger partial charge in [-0.25, -0.2) is 0 Å². The van der Waals surface area contributed by atoms with Crippen molar-refractivity contribution in [2.75, 3.05) is 0 Å². The summed E-state index contributed by atoms with van der Waals surface area (Å²) in [6.07, 6.45) is 0.355. The van der Waals surface area contributed by atoms with Gasteiger partial charge in [0.25, 0.3) is 0 Å². The van der Waals surface area contributed by atoms with E-state index < -0.39 is 0 Å². The van der Waals surface area contributed by atoms with Crippen molar-refractivity contribution in [3.8, 4) is 5.75 Å². The molecular weight excluding hydrogens is 192 g/mol. The molecule has 0 amide bonds. The lowest BCUT2D eigenvalue weighted by molar-refractivity contribution is -0.135. The highest BCUT2D eigenvalue weighted by molar-refractivity contribution is 5.81. The lowest BCUT2D eigenvalue weighted by Gasteiger charge is -2.03. The lowest BCUT2D eigenvalue weighted by Crippen LogP contribution is -2.09. The monoisotopic (exact) mass is 205 g/mol. The molecule has 0 aliphatic heterocycles. The van der Waals surface area contributed by atoms with Gasteiger partial charge < -0.3 is 9.53 Å². The Bertz CT molecular complexity index is 352. The predicted molar refractivity (Wildman–Crippen MR) is 56.5 cm³/mol. The van der Waals surface area contributed by atoms with Crippen LogP contribution in [0.25, 0.3) is 0 Å². The Kier molecular flexibility index (Phi) is 4.03. The molecular formula is C12H13O3. The number of ketones is 1. The van der Waals surface area contributed by atoms with Crippen molar-refractivity contribution in [2.24, 2.45) is 0 Å². The summed E-state index contributed by atoms with van der Waals surface area (Å²) in [6, 6.07) is 6.86. The molecule has 0 N–H and O–H groups in total. The standard InChI is InChI=1S/C12H13O3/c1-9-3-6-11(7-4-9)15-12(14)8-5-10(2)13/h3-4,6-7H,1,5,8H2,2H3. The van der Waals surface area contributed by atoms with E-state index in [0.29, 0.717) is 5.75 Å². The molecule has 0 aromatic heterocycles. The van der Waals surface area contributed by atoms with Crippen LogP contribution in [0.2, 0.25) is 0 Å². The third-order valence-electron chi connectivity index (χ3n) is 1.84. The number of hydrogen-bond donors (Lipinski definition) is 0. The maximum Gasteiger partial charge on any atom is 0.311 e. The van der Waals surface area contributed by atoms with E-state index in [9.17, 15) is 9.59 Å². The molecule has 0 aliphatic carbocycles. The normalized spacial score (nSPS) is 9.73. The largest absolute Gasteiger partial charge is 0.427 e. The summed E-state index contributed by atoms with van der Waals surface area (Å²) in [5.74, 6) is 0.0815. The minimum absolute atomic E-state index is 0.0138. The Morgan fingerprint density at radius 3 is 2.33 bits per heavy atom. The van der Waals surface area contributed by atoms with E-state index in [1.165, 1.54) is 6.92 Å². The molecule has 1 radical (unpaired) electrons. The third kappa shape index (κ3) is 4.40. The quantitative estimate of drug-likeness (QED) is 0.558. The van der Waals surface area contributed by atoms with Gasteiger partial charge in [-0.05, 0) is 31.5 Å². The highest BCUT2D eigenvalue weighted by Crippen LogP contribution is 2.12. The summed E-state index contributed by atoms with van der Waals surface area (Å²) in [5, 5.41) is 0. The van der Waals surface area contributed by atoms with Gasteiger partial charge in [-0.2, -0.15) is 0 Å². The zero-order valence-electron chi connectivity index (χ0n) is 8.66. The second-order valence-corrected chi connectivity index (χ2v) is 3.32. The first-order chi connectivity index (χ1) is 7.08. The van der Waals surface area contributed by atoms with Crippen LogP contribution in [0.15, 0.2) is 24.3 Å². The number of carbonyl (C=O) groups is 2. The van der Waals surface area contributed by atoms with Gasteiger partial charge in [-0.3, -0.25) is 4.79 Å². The highest BCUT2D eigenvalue weighted by Gasteiger charge is 2.05. The van der Waals surface area contributed by atoms with Gasteiger partial charge in [-0.15, -0.1) is 0 Å². The van der Waals surface area contributed by atoms with Crippen molar-refractivity contribution >= 4 is 11.8 Å². The van der Waals surface area contributed by atoms with Crippen LogP contribution in [-0.2, 0) is 9.59 Å². The average Bonchev–Trinajstić information content (AvgIpc) is 2.19. The highest BCUT2D eigenvalue weighted by atomic mass is 16.5. The van der Waals surface area contributed by atoms with Gasteiger partial charge in [0.15, 0.2) is 0 Å². The molecule has 0 fully saturated rings. The van der Waals surface area contributed by atoms with E-state index >= 15 is 0 Å². The Hall–Kier alpha value is -1.64. The second-order valence-electron chi connectivity index (χ2n) is 3.32. The van der Waals surface area contributed by atoms with E-state index in [0.717, 1.165) is 5.56 Å². The van der Waals surface area contributed by atoms with Crippen LogP contribution in [0, 0.1) is 6.92 Å². The summed E-state index contributed by atoms with van der Waals surface area (Å²) < 4.78 is 5.00. The molecule has 15 heavy (non-hydrogen) atoms. The van der Waals surface area contributed by atoms with Crippen LogP contribution in [0.5, 0.6) is 5.75 Å². The minimum atomic E-state index is -0.387. The van der Waals surface area contributed by atoms with Crippen LogP contribution in [-0.4, -0.2) is 11.8 Å². The Labute approximate surface area is 89.1 Å².